The van der Waals surface area contributed by atoms with E-state index in [9.17, 15) is 0 Å². The molecule has 1 saturated carbocycles. The fourth-order valence-electron chi connectivity index (χ4n) is 2.73. The van der Waals surface area contributed by atoms with Gasteiger partial charge in [-0.2, -0.15) is 4.98 Å². The molecule has 1 N–H and O–H groups in total. The van der Waals surface area contributed by atoms with Gasteiger partial charge in [0.2, 0.25) is 5.89 Å². The normalized spacial score (nSPS) is 42.0. The van der Waals surface area contributed by atoms with Crippen molar-refractivity contribution in [2.24, 2.45) is 11.8 Å². The summed E-state index contributed by atoms with van der Waals surface area (Å²) < 4.78 is 5.26. The molecule has 2 heterocycles. The highest BCUT2D eigenvalue weighted by atomic mass is 16.5. The van der Waals surface area contributed by atoms with Gasteiger partial charge in [-0.15, -0.1) is 0 Å². The van der Waals surface area contributed by atoms with Gasteiger partial charge in [0, 0.05) is 6.54 Å². The molecule has 0 radical (unpaired) electrons. The molecular formula is C9H13N3O. The highest BCUT2D eigenvalue weighted by molar-refractivity contribution is 5.29. The molecule has 0 unspecified atom stereocenters. The van der Waals surface area contributed by atoms with Gasteiger partial charge in [-0.25, -0.2) is 0 Å². The topological polar surface area (TPSA) is 51.0 Å². The monoisotopic (exact) mass is 179 g/mol. The van der Waals surface area contributed by atoms with E-state index in [0.29, 0.717) is 11.8 Å². The number of rotatable bonds is 1. The molecule has 0 aromatic carbocycles. The molecule has 4 nitrogen and oxygen atoms in total. The number of hydrogen-bond acceptors (Lipinski definition) is 4. The van der Waals surface area contributed by atoms with E-state index in [1.807, 2.05) is 6.92 Å². The van der Waals surface area contributed by atoms with Crippen molar-refractivity contribution in [2.45, 2.75) is 19.3 Å². The lowest BCUT2D eigenvalue weighted by molar-refractivity contribution is 0.336. The van der Waals surface area contributed by atoms with Crippen molar-refractivity contribution in [1.82, 2.24) is 15.5 Å². The first-order chi connectivity index (χ1) is 6.25. The van der Waals surface area contributed by atoms with Crippen LogP contribution in [0.5, 0.6) is 0 Å². The molecular weight excluding hydrogens is 166 g/mol. The number of fused-ring (bicyclic) bond motifs is 1. The zero-order chi connectivity index (χ0) is 9.05. The zero-order valence-corrected chi connectivity index (χ0v) is 7.87. The van der Waals surface area contributed by atoms with Gasteiger partial charge in [0.05, 0.1) is 5.41 Å². The van der Waals surface area contributed by atoms with Crippen LogP contribution in [0.25, 0.3) is 0 Å². The number of hydrogen-bond donors (Lipinski definition) is 1. The molecule has 13 heavy (non-hydrogen) atoms. The van der Waals surface area contributed by atoms with E-state index in [1.54, 1.807) is 0 Å². The number of nitrogens with one attached hydrogen (secondary N) is 1. The number of aromatic nitrogens is 2. The molecule has 0 bridgehead atoms. The van der Waals surface area contributed by atoms with Crippen LogP contribution in [0, 0.1) is 18.8 Å². The molecule has 4 heteroatoms. The molecule has 1 aliphatic carbocycles. The summed E-state index contributed by atoms with van der Waals surface area (Å²) in [5.41, 5.74) is 0.182. The van der Waals surface area contributed by atoms with Crippen molar-refractivity contribution in [2.75, 3.05) is 13.1 Å². The third-order valence-electron chi connectivity index (χ3n) is 3.68. The molecule has 0 amide bonds. The van der Waals surface area contributed by atoms with Crippen molar-refractivity contribution in [3.05, 3.63) is 11.7 Å². The van der Waals surface area contributed by atoms with Gasteiger partial charge < -0.3 is 9.84 Å². The van der Waals surface area contributed by atoms with Crippen LogP contribution in [0.1, 0.15) is 18.6 Å². The highest BCUT2D eigenvalue weighted by Crippen LogP contribution is 2.61. The van der Waals surface area contributed by atoms with Crippen molar-refractivity contribution in [1.29, 1.82) is 0 Å². The Morgan fingerprint density at radius 1 is 1.62 bits per heavy atom. The predicted octanol–water partition coefficient (Wildman–Crippen LogP) is 0.485. The Kier molecular flexibility index (Phi) is 1.22. The van der Waals surface area contributed by atoms with E-state index in [4.69, 9.17) is 4.52 Å². The van der Waals surface area contributed by atoms with Crippen LogP contribution in [-0.4, -0.2) is 23.2 Å². The first-order valence-electron chi connectivity index (χ1n) is 4.76. The van der Waals surface area contributed by atoms with Crippen LogP contribution in [-0.2, 0) is 5.41 Å². The average molecular weight is 179 g/mol. The van der Waals surface area contributed by atoms with Gasteiger partial charge in [-0.1, -0.05) is 12.1 Å². The summed E-state index contributed by atoms with van der Waals surface area (Å²) in [6.07, 6.45) is 0. The minimum atomic E-state index is 0.182. The summed E-state index contributed by atoms with van der Waals surface area (Å²) in [4.78, 5) is 4.34. The van der Waals surface area contributed by atoms with E-state index < -0.39 is 0 Å². The number of aryl methyl sites for hydroxylation is 1. The van der Waals surface area contributed by atoms with Gasteiger partial charge in [0.25, 0.3) is 0 Å². The van der Waals surface area contributed by atoms with Gasteiger partial charge in [0.15, 0.2) is 5.82 Å². The predicted molar refractivity (Wildman–Crippen MR) is 46.2 cm³/mol. The lowest BCUT2D eigenvalue weighted by atomic mass is 10.0. The molecule has 1 saturated heterocycles. The molecule has 3 rings (SSSR count). The Balaban J connectivity index is 2.01. The van der Waals surface area contributed by atoms with Crippen molar-refractivity contribution in [3.63, 3.8) is 0 Å². The summed E-state index contributed by atoms with van der Waals surface area (Å²) in [5.74, 6) is 3.00. The molecule has 0 spiro atoms. The second-order valence-corrected chi connectivity index (χ2v) is 4.21. The summed E-state index contributed by atoms with van der Waals surface area (Å²) in [6, 6.07) is 0. The molecule has 1 aromatic rings. The molecule has 3 atom stereocenters. The lowest BCUT2D eigenvalue weighted by Crippen LogP contribution is -2.22. The second-order valence-electron chi connectivity index (χ2n) is 4.21. The van der Waals surface area contributed by atoms with Gasteiger partial charge >= 0.3 is 0 Å². The number of piperidine rings is 1. The van der Waals surface area contributed by atoms with E-state index >= 15 is 0 Å². The van der Waals surface area contributed by atoms with Gasteiger partial charge in [-0.05, 0) is 25.3 Å². The molecule has 1 aliphatic heterocycles. The minimum absolute atomic E-state index is 0.182. The maximum atomic E-state index is 5.26. The van der Waals surface area contributed by atoms with Crippen LogP contribution >= 0.6 is 0 Å². The van der Waals surface area contributed by atoms with Crippen molar-refractivity contribution < 1.29 is 4.52 Å². The minimum Gasteiger partial charge on any atom is -0.339 e. The zero-order valence-electron chi connectivity index (χ0n) is 7.87. The Bertz CT molecular complexity index is 348. The Hall–Kier alpha value is -0.900. The summed E-state index contributed by atoms with van der Waals surface area (Å²) in [5, 5.41) is 7.23. The average Bonchev–Trinajstić information content (AvgIpc) is 2.60. The van der Waals surface area contributed by atoms with E-state index in [2.05, 4.69) is 22.4 Å². The van der Waals surface area contributed by atoms with Gasteiger partial charge in [0.1, 0.15) is 0 Å². The lowest BCUT2D eigenvalue weighted by Gasteiger charge is -2.06. The fraction of sp³-hybridized carbons (Fsp3) is 0.778. The first-order valence-corrected chi connectivity index (χ1v) is 4.76. The SMILES string of the molecule is Cc1noc([C@]23CNC[C@H]2[C@H]3C)n1. The Labute approximate surface area is 76.7 Å². The first kappa shape index (κ1) is 7.50. The summed E-state index contributed by atoms with van der Waals surface area (Å²) in [6.45, 7) is 6.24. The molecule has 2 fully saturated rings. The van der Waals surface area contributed by atoms with Crippen LogP contribution in [0.3, 0.4) is 0 Å². The summed E-state index contributed by atoms with van der Waals surface area (Å²) >= 11 is 0. The smallest absolute Gasteiger partial charge is 0.234 e. The third-order valence-corrected chi connectivity index (χ3v) is 3.68. The number of nitrogens with zero attached hydrogens (tertiary/aromatic N) is 2. The van der Waals surface area contributed by atoms with Crippen molar-refractivity contribution in [3.8, 4) is 0 Å². The Morgan fingerprint density at radius 2 is 2.46 bits per heavy atom. The molecule has 1 aromatic heterocycles. The molecule has 2 aliphatic rings. The van der Waals surface area contributed by atoms with E-state index in [1.165, 1.54) is 0 Å². The van der Waals surface area contributed by atoms with Crippen LogP contribution in [0.2, 0.25) is 0 Å². The maximum absolute atomic E-state index is 5.26. The largest absolute Gasteiger partial charge is 0.339 e. The van der Waals surface area contributed by atoms with Crippen LogP contribution in [0.4, 0.5) is 0 Å². The standard InChI is InChI=1S/C9H13N3O/c1-5-7-3-10-4-9(5,7)8-11-6(2)12-13-8/h5,7,10H,3-4H2,1-2H3/t5-,7+,9+/m1/s1. The van der Waals surface area contributed by atoms with Crippen LogP contribution in [0.15, 0.2) is 4.52 Å². The van der Waals surface area contributed by atoms with Crippen LogP contribution < -0.4 is 5.32 Å². The Morgan fingerprint density at radius 3 is 3.00 bits per heavy atom. The quantitative estimate of drug-likeness (QED) is 0.681. The van der Waals surface area contributed by atoms with Gasteiger partial charge in [-0.3, -0.25) is 0 Å². The molecule has 70 valence electrons. The third kappa shape index (κ3) is 0.746. The van der Waals surface area contributed by atoms with E-state index in [-0.39, 0.29) is 5.41 Å². The highest BCUT2D eigenvalue weighted by Gasteiger charge is 2.68. The summed E-state index contributed by atoms with van der Waals surface area (Å²) in [7, 11) is 0. The maximum Gasteiger partial charge on any atom is 0.234 e. The van der Waals surface area contributed by atoms with E-state index in [0.717, 1.165) is 24.8 Å². The van der Waals surface area contributed by atoms with Crippen molar-refractivity contribution >= 4 is 0 Å². The second kappa shape index (κ2) is 2.12. The fourth-order valence-corrected chi connectivity index (χ4v) is 2.73.